The fraction of sp³-hybridized carbons (Fsp3) is 0.120. The summed E-state index contributed by atoms with van der Waals surface area (Å²) in [6, 6.07) is 15.2. The second-order valence-corrected chi connectivity index (χ2v) is 7.42. The molecule has 0 atom stereocenters. The lowest BCUT2D eigenvalue weighted by molar-refractivity contribution is 0.0726. The predicted octanol–water partition coefficient (Wildman–Crippen LogP) is 5.50. The number of rotatable bonds is 5. The van der Waals surface area contributed by atoms with Gasteiger partial charge in [-0.3, -0.25) is 4.79 Å². The van der Waals surface area contributed by atoms with Gasteiger partial charge in [-0.2, -0.15) is 0 Å². The summed E-state index contributed by atoms with van der Waals surface area (Å²) in [6.45, 7) is 1.72. The highest BCUT2D eigenvalue weighted by Crippen LogP contribution is 2.40. The van der Waals surface area contributed by atoms with Crippen molar-refractivity contribution in [3.63, 3.8) is 0 Å². The number of carbonyl (C=O) groups excluding carboxylic acids is 2. The molecule has 1 heterocycles. The van der Waals surface area contributed by atoms with Crippen LogP contribution in [-0.4, -0.2) is 26.0 Å². The minimum Gasteiger partial charge on any atom is -0.496 e. The molecule has 32 heavy (non-hydrogen) atoms. The Labute approximate surface area is 189 Å². The van der Waals surface area contributed by atoms with Gasteiger partial charge in [0.15, 0.2) is 5.76 Å². The predicted molar refractivity (Wildman–Crippen MR) is 120 cm³/mol. The second kappa shape index (κ2) is 8.77. The average molecular weight is 451 g/mol. The molecule has 0 saturated carbocycles. The first kappa shape index (κ1) is 21.5. The van der Waals surface area contributed by atoms with Crippen LogP contribution >= 0.6 is 11.6 Å². The Balaban J connectivity index is 1.64. The molecular weight excluding hydrogens is 432 g/mol. The van der Waals surface area contributed by atoms with Gasteiger partial charge in [-0.15, -0.1) is 0 Å². The van der Waals surface area contributed by atoms with Crippen LogP contribution in [-0.2, 0) is 0 Å². The van der Waals surface area contributed by atoms with E-state index in [0.29, 0.717) is 33.4 Å². The first-order valence-corrected chi connectivity index (χ1v) is 10.1. The molecule has 0 aromatic heterocycles. The summed E-state index contributed by atoms with van der Waals surface area (Å²) in [5.41, 5.74) is 1.87. The molecule has 0 radical (unpaired) electrons. The molecular formula is C25H19ClO6. The normalized spacial score (nSPS) is 13.5. The van der Waals surface area contributed by atoms with Crippen molar-refractivity contribution in [3.8, 4) is 23.0 Å². The highest BCUT2D eigenvalue weighted by molar-refractivity contribution is 6.30. The Morgan fingerprint density at radius 2 is 1.59 bits per heavy atom. The van der Waals surface area contributed by atoms with Gasteiger partial charge < -0.3 is 18.9 Å². The van der Waals surface area contributed by atoms with Crippen LogP contribution in [0.3, 0.4) is 0 Å². The van der Waals surface area contributed by atoms with Crippen LogP contribution in [0.15, 0.2) is 60.4 Å². The molecule has 0 spiro atoms. The Morgan fingerprint density at radius 3 is 2.22 bits per heavy atom. The van der Waals surface area contributed by atoms with Crippen molar-refractivity contribution in [3.05, 3.63) is 87.6 Å². The molecule has 3 aromatic rings. The van der Waals surface area contributed by atoms with Crippen molar-refractivity contribution in [1.29, 1.82) is 0 Å². The first-order valence-electron chi connectivity index (χ1n) is 9.69. The van der Waals surface area contributed by atoms with Crippen molar-refractivity contribution in [2.75, 3.05) is 14.2 Å². The molecule has 0 bridgehead atoms. The van der Waals surface area contributed by atoms with Gasteiger partial charge in [0.1, 0.15) is 28.6 Å². The van der Waals surface area contributed by atoms with Gasteiger partial charge in [-0.25, -0.2) is 4.79 Å². The summed E-state index contributed by atoms with van der Waals surface area (Å²) < 4.78 is 22.0. The largest absolute Gasteiger partial charge is 0.496 e. The summed E-state index contributed by atoms with van der Waals surface area (Å²) in [5, 5.41) is 0.600. The lowest BCUT2D eigenvalue weighted by atomic mass is 10.1. The van der Waals surface area contributed by atoms with E-state index >= 15 is 0 Å². The number of benzene rings is 3. The summed E-state index contributed by atoms with van der Waals surface area (Å²) in [5.74, 6) is 0.557. The van der Waals surface area contributed by atoms with Crippen LogP contribution < -0.4 is 18.9 Å². The number of methoxy groups -OCH3 is 2. The van der Waals surface area contributed by atoms with Crippen molar-refractivity contribution in [2.45, 2.75) is 6.92 Å². The third kappa shape index (κ3) is 3.92. The Morgan fingerprint density at radius 1 is 0.938 bits per heavy atom. The smallest absolute Gasteiger partial charge is 0.351 e. The van der Waals surface area contributed by atoms with Gasteiger partial charge in [-0.05, 0) is 55.0 Å². The summed E-state index contributed by atoms with van der Waals surface area (Å²) in [7, 11) is 2.92. The van der Waals surface area contributed by atoms with Crippen LogP contribution in [0.2, 0.25) is 5.02 Å². The van der Waals surface area contributed by atoms with E-state index < -0.39 is 5.97 Å². The number of allylic oxidation sites excluding steroid dienone is 1. The molecule has 0 unspecified atom stereocenters. The number of carbonyl (C=O) groups is 2. The number of fused-ring (bicyclic) bond motifs is 1. The van der Waals surface area contributed by atoms with E-state index in [1.165, 1.54) is 14.2 Å². The molecule has 0 N–H and O–H groups in total. The number of hydrogen-bond donors (Lipinski definition) is 0. The van der Waals surface area contributed by atoms with Crippen molar-refractivity contribution in [2.24, 2.45) is 0 Å². The minimum atomic E-state index is -0.649. The lowest BCUT2D eigenvalue weighted by Gasteiger charge is -2.14. The number of halogens is 1. The maximum absolute atomic E-state index is 12.9. The minimum absolute atomic E-state index is 0.165. The van der Waals surface area contributed by atoms with E-state index in [1.807, 2.05) is 0 Å². The maximum Gasteiger partial charge on any atom is 0.351 e. The molecule has 3 aromatic carbocycles. The highest BCUT2D eigenvalue weighted by atomic mass is 35.5. The Bertz CT molecular complexity index is 1220. The molecule has 1 aliphatic rings. The fourth-order valence-electron chi connectivity index (χ4n) is 3.39. The first-order chi connectivity index (χ1) is 15.4. The second-order valence-electron chi connectivity index (χ2n) is 6.98. The van der Waals surface area contributed by atoms with E-state index in [1.54, 1.807) is 67.6 Å². The van der Waals surface area contributed by atoms with E-state index in [-0.39, 0.29) is 22.9 Å². The van der Waals surface area contributed by atoms with Crippen molar-refractivity contribution in [1.82, 2.24) is 0 Å². The van der Waals surface area contributed by atoms with E-state index in [2.05, 4.69) is 0 Å². The van der Waals surface area contributed by atoms with E-state index in [4.69, 9.17) is 30.5 Å². The third-order valence-electron chi connectivity index (χ3n) is 5.04. The molecule has 7 heteroatoms. The van der Waals surface area contributed by atoms with Crippen LogP contribution in [0.1, 0.15) is 31.8 Å². The SMILES string of the molecule is COc1cccc(OC)c1C(=O)Oc1ccc2c(c1C)O/C(=C\c1ccc(Cl)cc1)C2=O. The van der Waals surface area contributed by atoms with Crippen LogP contribution in [0.4, 0.5) is 0 Å². The monoisotopic (exact) mass is 450 g/mol. The van der Waals surface area contributed by atoms with Gasteiger partial charge in [0.05, 0.1) is 19.8 Å². The molecule has 0 saturated heterocycles. The van der Waals surface area contributed by atoms with Crippen molar-refractivity contribution >= 4 is 29.4 Å². The van der Waals surface area contributed by atoms with Crippen LogP contribution in [0, 0.1) is 6.92 Å². The van der Waals surface area contributed by atoms with E-state index in [9.17, 15) is 9.59 Å². The van der Waals surface area contributed by atoms with Gasteiger partial charge in [-0.1, -0.05) is 29.8 Å². The molecule has 0 aliphatic carbocycles. The molecule has 0 amide bonds. The van der Waals surface area contributed by atoms with Crippen LogP contribution in [0.5, 0.6) is 23.0 Å². The van der Waals surface area contributed by atoms with Gasteiger partial charge in [0, 0.05) is 10.6 Å². The van der Waals surface area contributed by atoms with Gasteiger partial charge in [0.25, 0.3) is 0 Å². The fourth-order valence-corrected chi connectivity index (χ4v) is 3.52. The number of esters is 1. The van der Waals surface area contributed by atoms with Crippen molar-refractivity contribution < 1.29 is 28.5 Å². The average Bonchev–Trinajstić information content (AvgIpc) is 3.12. The number of hydrogen-bond acceptors (Lipinski definition) is 6. The Hall–Kier alpha value is -3.77. The lowest BCUT2D eigenvalue weighted by Crippen LogP contribution is -2.12. The highest BCUT2D eigenvalue weighted by Gasteiger charge is 2.31. The standard InChI is InChI=1S/C25H19ClO6/c1-14-18(32-25(28)22-19(29-2)5-4-6-20(22)30-3)12-11-17-23(27)21(31-24(14)17)13-15-7-9-16(26)10-8-15/h4-13H,1-3H3/b21-13-. The number of ketones is 1. The summed E-state index contributed by atoms with van der Waals surface area (Å²) >= 11 is 5.92. The molecule has 1 aliphatic heterocycles. The van der Waals surface area contributed by atoms with Gasteiger partial charge >= 0.3 is 5.97 Å². The maximum atomic E-state index is 12.9. The van der Waals surface area contributed by atoms with E-state index in [0.717, 1.165) is 5.56 Å². The zero-order chi connectivity index (χ0) is 22.8. The zero-order valence-electron chi connectivity index (χ0n) is 17.6. The summed E-state index contributed by atoms with van der Waals surface area (Å²) in [6.07, 6.45) is 1.64. The number of Topliss-reactive ketones (excluding diaryl/α,β-unsaturated/α-hetero) is 1. The van der Waals surface area contributed by atoms with Gasteiger partial charge in [0.2, 0.25) is 5.78 Å². The topological polar surface area (TPSA) is 71.1 Å². The molecule has 4 rings (SSSR count). The Kier molecular flexibility index (Phi) is 5.88. The molecule has 6 nitrogen and oxygen atoms in total. The third-order valence-corrected chi connectivity index (χ3v) is 5.29. The number of ether oxygens (including phenoxy) is 4. The van der Waals surface area contributed by atoms with Crippen LogP contribution in [0.25, 0.3) is 6.08 Å². The quantitative estimate of drug-likeness (QED) is 0.290. The summed E-state index contributed by atoms with van der Waals surface area (Å²) in [4.78, 5) is 25.7. The molecule has 162 valence electrons. The molecule has 0 fully saturated rings. The zero-order valence-corrected chi connectivity index (χ0v) is 18.4.